The molecular weight excluding hydrogens is 481 g/mol. The molecule has 36 heavy (non-hydrogen) atoms. The molecule has 0 rings (SSSR count). The number of aliphatic hydroxyl groups is 1. The highest BCUT2D eigenvalue weighted by Crippen LogP contribution is 2.42. The van der Waals surface area contributed by atoms with Crippen molar-refractivity contribution in [2.45, 2.75) is 129 Å². The normalized spacial score (nSPS) is 14.2. The Morgan fingerprint density at radius 3 is 1.83 bits per heavy atom. The first kappa shape index (κ1) is 35.2. The minimum atomic E-state index is -4.26. The lowest BCUT2D eigenvalue weighted by molar-refractivity contribution is -0.153. The Bertz CT molecular complexity index is 574. The Balaban J connectivity index is 3.52. The third-order valence-electron chi connectivity index (χ3n) is 5.94. The van der Waals surface area contributed by atoms with Crippen molar-refractivity contribution in [3.05, 3.63) is 12.2 Å². The molecule has 214 valence electrons. The second kappa shape index (κ2) is 25.9. The molecule has 0 heterocycles. The predicted molar refractivity (Wildman–Crippen MR) is 146 cm³/mol. The minimum absolute atomic E-state index is 0.0730. The molecule has 1 unspecified atom stereocenters. The van der Waals surface area contributed by atoms with Gasteiger partial charge in [-0.3, -0.25) is 13.8 Å². The molecule has 0 amide bonds. The molecule has 0 aliphatic heterocycles. The molecule has 0 aromatic heterocycles. The van der Waals surface area contributed by atoms with Crippen molar-refractivity contribution in [2.24, 2.45) is 5.73 Å². The number of carbonyl (C=O) groups excluding carboxylic acids is 1. The zero-order valence-corrected chi connectivity index (χ0v) is 23.6. The van der Waals surface area contributed by atoms with Crippen LogP contribution in [0, 0.1) is 0 Å². The molecule has 0 aromatic rings. The van der Waals surface area contributed by atoms with Gasteiger partial charge in [-0.1, -0.05) is 96.1 Å². The first-order valence-electron chi connectivity index (χ1n) is 14.2. The lowest BCUT2D eigenvalue weighted by Crippen LogP contribution is -2.27. The van der Waals surface area contributed by atoms with Gasteiger partial charge in [0.1, 0.15) is 6.10 Å². The van der Waals surface area contributed by atoms with Crippen molar-refractivity contribution in [3.63, 3.8) is 0 Å². The quantitative estimate of drug-likeness (QED) is 0.0466. The second-order valence-corrected chi connectivity index (χ2v) is 10.9. The Kier molecular flexibility index (Phi) is 25.3. The summed E-state index contributed by atoms with van der Waals surface area (Å²) in [6, 6.07) is 0. The number of allylic oxidation sites excluding steroid dienone is 2. The number of hydrogen-bond acceptors (Lipinski definition) is 7. The molecule has 0 aliphatic rings. The maximum atomic E-state index is 11.9. The lowest BCUT2D eigenvalue weighted by Gasteiger charge is -2.17. The summed E-state index contributed by atoms with van der Waals surface area (Å²) in [4.78, 5) is 21.4. The summed E-state index contributed by atoms with van der Waals surface area (Å²) in [5.41, 5.74) is 5.20. The maximum Gasteiger partial charge on any atom is 0.472 e. The van der Waals surface area contributed by atoms with Crippen LogP contribution in [0.15, 0.2) is 12.2 Å². The molecular formula is C27H54NO7P. The van der Waals surface area contributed by atoms with E-state index in [-0.39, 0.29) is 19.6 Å². The van der Waals surface area contributed by atoms with Crippen LogP contribution in [0.4, 0.5) is 0 Å². The van der Waals surface area contributed by atoms with E-state index < -0.39 is 33.1 Å². The summed E-state index contributed by atoms with van der Waals surface area (Å²) >= 11 is 0. The molecule has 0 aliphatic carbocycles. The highest BCUT2D eigenvalue weighted by atomic mass is 31.2. The summed E-state index contributed by atoms with van der Waals surface area (Å²) in [6.45, 7) is 1.28. The van der Waals surface area contributed by atoms with Crippen LogP contribution in [-0.4, -0.2) is 48.4 Å². The average molecular weight is 536 g/mol. The van der Waals surface area contributed by atoms with Gasteiger partial charge in [-0.05, 0) is 32.1 Å². The molecule has 4 N–H and O–H groups in total. The van der Waals surface area contributed by atoms with E-state index in [1.807, 2.05) is 0 Å². The Morgan fingerprint density at radius 1 is 0.833 bits per heavy atom. The monoisotopic (exact) mass is 535 g/mol. The lowest BCUT2D eigenvalue weighted by atomic mass is 10.1. The van der Waals surface area contributed by atoms with Crippen LogP contribution in [0.1, 0.15) is 122 Å². The molecule has 0 saturated heterocycles. The number of carbonyl (C=O) groups is 1. The van der Waals surface area contributed by atoms with Gasteiger partial charge in [0.2, 0.25) is 0 Å². The molecule has 0 saturated carbocycles. The van der Waals surface area contributed by atoms with Crippen molar-refractivity contribution in [1.82, 2.24) is 0 Å². The summed E-state index contributed by atoms with van der Waals surface area (Å²) < 4.78 is 26.0. The van der Waals surface area contributed by atoms with E-state index in [1.54, 1.807) is 0 Å². The number of ether oxygens (including phenoxy) is 1. The zero-order valence-electron chi connectivity index (χ0n) is 22.7. The standard InChI is InChI=1S/C27H54NO7P/c1-2-3-4-5-6-7-8-9-10-11-12-13-14-15-16-17-18-19-20-21-27(30)35-26(24-29)25-34-36(31,32)33-23-22-28/h9-10,26,29H,2-8,11-25,28H2,1H3,(H,31,32)/b10-9-/t26-/m1/s1. The van der Waals surface area contributed by atoms with Crippen molar-refractivity contribution in [1.29, 1.82) is 0 Å². The van der Waals surface area contributed by atoms with E-state index in [1.165, 1.54) is 89.9 Å². The van der Waals surface area contributed by atoms with E-state index >= 15 is 0 Å². The Hall–Kier alpha value is -0.760. The summed E-state index contributed by atoms with van der Waals surface area (Å²) in [5.74, 6) is -0.450. The van der Waals surface area contributed by atoms with E-state index in [0.717, 1.165) is 19.3 Å². The van der Waals surface area contributed by atoms with Gasteiger partial charge in [0.15, 0.2) is 0 Å². The molecule has 0 radical (unpaired) electrons. The SMILES string of the molecule is CCCCCCCC/C=C\CCCCCCCCCCCC(=O)O[C@H](CO)COP(=O)(O)OCCN. The smallest absolute Gasteiger partial charge is 0.457 e. The van der Waals surface area contributed by atoms with Crippen molar-refractivity contribution in [3.8, 4) is 0 Å². The van der Waals surface area contributed by atoms with Crippen molar-refractivity contribution < 1.29 is 33.1 Å². The van der Waals surface area contributed by atoms with Gasteiger partial charge in [0, 0.05) is 13.0 Å². The van der Waals surface area contributed by atoms with Gasteiger partial charge in [0.25, 0.3) is 0 Å². The van der Waals surface area contributed by atoms with E-state index in [2.05, 4.69) is 23.6 Å². The van der Waals surface area contributed by atoms with Crippen LogP contribution in [0.25, 0.3) is 0 Å². The van der Waals surface area contributed by atoms with Gasteiger partial charge in [-0.25, -0.2) is 4.57 Å². The largest absolute Gasteiger partial charge is 0.472 e. The number of unbranched alkanes of at least 4 members (excludes halogenated alkanes) is 15. The molecule has 0 fully saturated rings. The number of phosphoric acid groups is 1. The maximum absolute atomic E-state index is 11.9. The molecule has 0 bridgehead atoms. The third-order valence-corrected chi connectivity index (χ3v) is 6.92. The fourth-order valence-electron chi connectivity index (χ4n) is 3.80. The van der Waals surface area contributed by atoms with E-state index in [4.69, 9.17) is 15.0 Å². The number of esters is 1. The number of aliphatic hydroxyl groups excluding tert-OH is 1. The topological polar surface area (TPSA) is 128 Å². The summed E-state index contributed by atoms with van der Waals surface area (Å²) in [5, 5.41) is 9.29. The van der Waals surface area contributed by atoms with Crippen molar-refractivity contribution >= 4 is 13.8 Å². The first-order chi connectivity index (χ1) is 17.4. The van der Waals surface area contributed by atoms with Crippen LogP contribution < -0.4 is 5.73 Å². The van der Waals surface area contributed by atoms with Crippen LogP contribution >= 0.6 is 7.82 Å². The van der Waals surface area contributed by atoms with Gasteiger partial charge in [-0.2, -0.15) is 0 Å². The average Bonchev–Trinajstić information content (AvgIpc) is 2.86. The highest BCUT2D eigenvalue weighted by Gasteiger charge is 2.24. The fraction of sp³-hybridized carbons (Fsp3) is 0.889. The van der Waals surface area contributed by atoms with Gasteiger partial charge >= 0.3 is 13.8 Å². The van der Waals surface area contributed by atoms with Crippen LogP contribution in [0.5, 0.6) is 0 Å². The highest BCUT2D eigenvalue weighted by molar-refractivity contribution is 7.47. The van der Waals surface area contributed by atoms with Crippen LogP contribution in [0.2, 0.25) is 0 Å². The number of rotatable bonds is 27. The van der Waals surface area contributed by atoms with Gasteiger partial charge < -0.3 is 20.5 Å². The van der Waals surface area contributed by atoms with Gasteiger partial charge in [-0.15, -0.1) is 0 Å². The molecule has 0 spiro atoms. The number of hydrogen-bond donors (Lipinski definition) is 3. The Morgan fingerprint density at radius 2 is 1.33 bits per heavy atom. The summed E-state index contributed by atoms with van der Waals surface area (Å²) in [6.07, 6.45) is 24.9. The zero-order chi connectivity index (χ0) is 26.7. The third kappa shape index (κ3) is 24.9. The molecule has 0 aromatic carbocycles. The second-order valence-electron chi connectivity index (χ2n) is 9.43. The molecule has 9 heteroatoms. The van der Waals surface area contributed by atoms with Crippen LogP contribution in [-0.2, 0) is 23.1 Å². The molecule has 2 atom stereocenters. The first-order valence-corrected chi connectivity index (χ1v) is 15.7. The van der Waals surface area contributed by atoms with Gasteiger partial charge in [0.05, 0.1) is 19.8 Å². The van der Waals surface area contributed by atoms with Crippen molar-refractivity contribution in [2.75, 3.05) is 26.4 Å². The van der Waals surface area contributed by atoms with Crippen LogP contribution in [0.3, 0.4) is 0 Å². The summed E-state index contributed by atoms with van der Waals surface area (Å²) in [7, 11) is -4.26. The predicted octanol–water partition coefficient (Wildman–Crippen LogP) is 6.58. The van der Waals surface area contributed by atoms with E-state index in [0.29, 0.717) is 0 Å². The fourth-order valence-corrected chi connectivity index (χ4v) is 4.56. The molecule has 8 nitrogen and oxygen atoms in total. The minimum Gasteiger partial charge on any atom is -0.457 e. The Labute approximate surface area is 220 Å². The number of phosphoric ester groups is 1. The van der Waals surface area contributed by atoms with E-state index in [9.17, 15) is 19.4 Å². The number of nitrogens with two attached hydrogens (primary N) is 1.